The molecule has 0 atom stereocenters. The molecule has 0 radical (unpaired) electrons. The van der Waals surface area contributed by atoms with Gasteiger partial charge in [0.25, 0.3) is 0 Å². The summed E-state index contributed by atoms with van der Waals surface area (Å²) in [6.45, 7) is 5.85. The molecule has 26 heavy (non-hydrogen) atoms. The quantitative estimate of drug-likeness (QED) is 0.915. The number of hydrogen-bond donors (Lipinski definition) is 1. The number of hydrogen-bond acceptors (Lipinski definition) is 4. The number of amides is 2. The van der Waals surface area contributed by atoms with Crippen LogP contribution in [0.3, 0.4) is 0 Å². The fraction of sp³-hybridized carbons (Fsp3) is 0.500. The highest BCUT2D eigenvalue weighted by Gasteiger charge is 2.30. The fourth-order valence-corrected chi connectivity index (χ4v) is 3.96. The van der Waals surface area contributed by atoms with Crippen molar-refractivity contribution >= 4 is 6.03 Å². The third kappa shape index (κ3) is 3.60. The zero-order valence-electron chi connectivity index (χ0n) is 15.3. The number of rotatable bonds is 4. The van der Waals surface area contributed by atoms with Crippen molar-refractivity contribution in [3.05, 3.63) is 52.9 Å². The van der Waals surface area contributed by atoms with Gasteiger partial charge in [0.05, 0.1) is 12.2 Å². The molecule has 6 nitrogen and oxygen atoms in total. The minimum atomic E-state index is -0.0196. The van der Waals surface area contributed by atoms with Crippen molar-refractivity contribution in [2.45, 2.75) is 38.8 Å². The average Bonchev–Trinajstić information content (AvgIpc) is 3.32. The van der Waals surface area contributed by atoms with E-state index in [-0.39, 0.29) is 6.03 Å². The molecular formula is C20H26N4O2. The molecule has 138 valence electrons. The van der Waals surface area contributed by atoms with Crippen LogP contribution in [0.4, 0.5) is 4.79 Å². The molecule has 1 aromatic heterocycles. The number of urea groups is 1. The lowest BCUT2D eigenvalue weighted by Gasteiger charge is -2.37. The second-order valence-corrected chi connectivity index (χ2v) is 7.15. The molecule has 2 aliphatic rings. The molecule has 0 bridgehead atoms. The van der Waals surface area contributed by atoms with E-state index in [1.54, 1.807) is 0 Å². The maximum absolute atomic E-state index is 12.4. The third-order valence-corrected chi connectivity index (χ3v) is 5.53. The molecule has 1 N–H and O–H groups in total. The largest absolute Gasteiger partial charge is 0.359 e. The Morgan fingerprint density at radius 2 is 1.88 bits per heavy atom. The topological polar surface area (TPSA) is 61.6 Å². The number of carbonyl (C=O) groups excluding carboxylic acids is 1. The summed E-state index contributed by atoms with van der Waals surface area (Å²) < 4.78 is 5.22. The van der Waals surface area contributed by atoms with Crippen LogP contribution >= 0.6 is 0 Å². The van der Waals surface area contributed by atoms with Crippen LogP contribution in [0.15, 0.2) is 34.9 Å². The minimum Gasteiger partial charge on any atom is -0.359 e. The molecule has 6 heteroatoms. The summed E-state index contributed by atoms with van der Waals surface area (Å²) in [4.78, 5) is 16.8. The SMILES string of the molecule is CCc1cc(CNC(=O)N2CCN(C3Cc4ccccc4C3)CC2)on1. The lowest BCUT2D eigenvalue weighted by atomic mass is 10.1. The standard InChI is InChI=1S/C20H26N4O2/c1-2-17-13-19(26-22-17)14-21-20(25)24-9-7-23(8-10-24)18-11-15-5-3-4-6-16(15)12-18/h3-6,13,18H,2,7-12,14H2,1H3,(H,21,25). The van der Waals surface area contributed by atoms with E-state index in [0.717, 1.165) is 51.1 Å². The Balaban J connectivity index is 1.24. The fourth-order valence-electron chi connectivity index (χ4n) is 3.96. The Hall–Kier alpha value is -2.34. The number of nitrogens with zero attached hydrogens (tertiary/aromatic N) is 3. The van der Waals surface area contributed by atoms with E-state index in [0.29, 0.717) is 18.3 Å². The lowest BCUT2D eigenvalue weighted by molar-refractivity contribution is 0.110. The van der Waals surface area contributed by atoms with Crippen LogP contribution in [-0.2, 0) is 25.8 Å². The summed E-state index contributed by atoms with van der Waals surface area (Å²) in [6.07, 6.45) is 3.10. The van der Waals surface area contributed by atoms with Crippen molar-refractivity contribution in [3.63, 3.8) is 0 Å². The summed E-state index contributed by atoms with van der Waals surface area (Å²) in [5.41, 5.74) is 3.88. The monoisotopic (exact) mass is 354 g/mol. The molecule has 0 spiro atoms. The van der Waals surface area contributed by atoms with E-state index < -0.39 is 0 Å². The second-order valence-electron chi connectivity index (χ2n) is 7.15. The van der Waals surface area contributed by atoms with Crippen LogP contribution in [-0.4, -0.2) is 53.2 Å². The molecule has 1 saturated heterocycles. The van der Waals surface area contributed by atoms with E-state index in [1.807, 2.05) is 17.9 Å². The summed E-state index contributed by atoms with van der Waals surface area (Å²) >= 11 is 0. The minimum absolute atomic E-state index is 0.0196. The molecule has 2 amide bonds. The first-order valence-corrected chi connectivity index (χ1v) is 9.51. The van der Waals surface area contributed by atoms with Gasteiger partial charge >= 0.3 is 6.03 Å². The summed E-state index contributed by atoms with van der Waals surface area (Å²) in [7, 11) is 0. The van der Waals surface area contributed by atoms with Crippen molar-refractivity contribution in [1.29, 1.82) is 0 Å². The number of carbonyl (C=O) groups is 1. The number of piperazine rings is 1. The van der Waals surface area contributed by atoms with Gasteiger partial charge in [0.15, 0.2) is 5.76 Å². The highest BCUT2D eigenvalue weighted by Crippen LogP contribution is 2.26. The van der Waals surface area contributed by atoms with Gasteiger partial charge in [-0.2, -0.15) is 0 Å². The van der Waals surface area contributed by atoms with Gasteiger partial charge in [-0.3, -0.25) is 4.90 Å². The molecule has 0 unspecified atom stereocenters. The van der Waals surface area contributed by atoms with E-state index >= 15 is 0 Å². The first-order chi connectivity index (χ1) is 12.7. The Bertz CT molecular complexity index is 740. The average molecular weight is 354 g/mol. The van der Waals surface area contributed by atoms with Crippen molar-refractivity contribution in [1.82, 2.24) is 20.3 Å². The van der Waals surface area contributed by atoms with Crippen molar-refractivity contribution in [2.24, 2.45) is 0 Å². The van der Waals surface area contributed by atoms with Gasteiger partial charge in [-0.1, -0.05) is 36.3 Å². The molecule has 0 saturated carbocycles. The predicted molar refractivity (Wildman–Crippen MR) is 98.9 cm³/mol. The van der Waals surface area contributed by atoms with Gasteiger partial charge in [0.1, 0.15) is 0 Å². The molecular weight excluding hydrogens is 328 g/mol. The van der Waals surface area contributed by atoms with E-state index in [9.17, 15) is 4.79 Å². The first-order valence-electron chi connectivity index (χ1n) is 9.51. The maximum Gasteiger partial charge on any atom is 0.317 e. The number of aryl methyl sites for hydroxylation is 1. The van der Waals surface area contributed by atoms with Crippen LogP contribution in [0.25, 0.3) is 0 Å². The van der Waals surface area contributed by atoms with Gasteiger partial charge < -0.3 is 14.7 Å². The molecule has 1 aliphatic carbocycles. The number of benzene rings is 1. The Labute approximate surface area is 154 Å². The Kier molecular flexibility index (Phi) is 4.93. The van der Waals surface area contributed by atoms with Gasteiger partial charge in [-0.15, -0.1) is 0 Å². The number of nitrogens with one attached hydrogen (secondary N) is 1. The summed E-state index contributed by atoms with van der Waals surface area (Å²) in [6, 6.07) is 11.2. The second kappa shape index (κ2) is 7.50. The first kappa shape index (κ1) is 17.1. The van der Waals surface area contributed by atoms with Crippen molar-refractivity contribution in [2.75, 3.05) is 26.2 Å². The van der Waals surface area contributed by atoms with Gasteiger partial charge in [-0.05, 0) is 30.4 Å². The lowest BCUT2D eigenvalue weighted by Crippen LogP contribution is -2.54. The van der Waals surface area contributed by atoms with Crippen LogP contribution in [0.1, 0.15) is 29.5 Å². The van der Waals surface area contributed by atoms with Crippen LogP contribution in [0, 0.1) is 0 Å². The summed E-state index contributed by atoms with van der Waals surface area (Å²) in [5.74, 6) is 0.706. The van der Waals surface area contributed by atoms with Crippen LogP contribution in [0.5, 0.6) is 0 Å². The smallest absolute Gasteiger partial charge is 0.317 e. The van der Waals surface area contributed by atoms with E-state index in [4.69, 9.17) is 4.52 Å². The van der Waals surface area contributed by atoms with Gasteiger partial charge in [0, 0.05) is 38.3 Å². The molecule has 2 aromatic rings. The Morgan fingerprint density at radius 3 is 2.50 bits per heavy atom. The predicted octanol–water partition coefficient (Wildman–Crippen LogP) is 2.23. The molecule has 1 aliphatic heterocycles. The van der Waals surface area contributed by atoms with E-state index in [1.165, 1.54) is 11.1 Å². The van der Waals surface area contributed by atoms with Gasteiger partial charge in [-0.25, -0.2) is 4.79 Å². The van der Waals surface area contributed by atoms with Crippen LogP contribution in [0.2, 0.25) is 0 Å². The maximum atomic E-state index is 12.4. The zero-order valence-corrected chi connectivity index (χ0v) is 15.3. The molecule has 1 aromatic carbocycles. The van der Waals surface area contributed by atoms with Gasteiger partial charge in [0.2, 0.25) is 0 Å². The van der Waals surface area contributed by atoms with Crippen molar-refractivity contribution < 1.29 is 9.32 Å². The van der Waals surface area contributed by atoms with Crippen molar-refractivity contribution in [3.8, 4) is 0 Å². The number of aromatic nitrogens is 1. The number of fused-ring (bicyclic) bond motifs is 1. The van der Waals surface area contributed by atoms with Crippen LogP contribution < -0.4 is 5.32 Å². The third-order valence-electron chi connectivity index (χ3n) is 5.53. The highest BCUT2D eigenvalue weighted by molar-refractivity contribution is 5.74. The Morgan fingerprint density at radius 1 is 1.19 bits per heavy atom. The van der Waals surface area contributed by atoms with E-state index in [2.05, 4.69) is 39.6 Å². The molecule has 2 heterocycles. The normalized spacial score (nSPS) is 18.1. The zero-order chi connectivity index (χ0) is 17.9. The molecule has 4 rings (SSSR count). The molecule has 1 fully saturated rings. The summed E-state index contributed by atoms with van der Waals surface area (Å²) in [5, 5.41) is 6.89. The highest BCUT2D eigenvalue weighted by atomic mass is 16.5.